The van der Waals surface area contributed by atoms with E-state index in [2.05, 4.69) is 24.5 Å². The second-order valence-corrected chi connectivity index (χ2v) is 7.31. The predicted molar refractivity (Wildman–Crippen MR) is 92.9 cm³/mol. The molecule has 0 aromatic carbocycles. The normalized spacial score (nSPS) is 20.1. The second kappa shape index (κ2) is 8.06. The number of carbonyl (C=O) groups is 1. The molecule has 1 aromatic rings. The summed E-state index contributed by atoms with van der Waals surface area (Å²) in [4.78, 5) is 21.5. The Labute approximate surface area is 142 Å². The zero-order chi connectivity index (χ0) is 16.1. The third kappa shape index (κ3) is 4.64. The van der Waals surface area contributed by atoms with Gasteiger partial charge in [-0.3, -0.25) is 4.79 Å². The summed E-state index contributed by atoms with van der Waals surface area (Å²) in [5, 5.41) is 4.12. The number of aryl methyl sites for hydroxylation is 1. The van der Waals surface area contributed by atoms with Crippen molar-refractivity contribution >= 4 is 22.6 Å². The number of piperidine rings is 1. The van der Waals surface area contributed by atoms with E-state index < -0.39 is 0 Å². The number of amides is 1. The van der Waals surface area contributed by atoms with Gasteiger partial charge in [-0.2, -0.15) is 4.37 Å². The number of hydrogen-bond acceptors (Lipinski definition) is 6. The number of rotatable bonds is 6. The van der Waals surface area contributed by atoms with Crippen LogP contribution in [0.4, 0.5) is 5.13 Å². The van der Waals surface area contributed by atoms with Crippen LogP contribution in [0.25, 0.3) is 0 Å². The summed E-state index contributed by atoms with van der Waals surface area (Å²) in [7, 11) is 0. The van der Waals surface area contributed by atoms with E-state index in [1.165, 1.54) is 37.5 Å². The number of hydrogen-bond donors (Lipinski definition) is 1. The Morgan fingerprint density at radius 3 is 2.65 bits per heavy atom. The van der Waals surface area contributed by atoms with Gasteiger partial charge in [0.2, 0.25) is 11.0 Å². The van der Waals surface area contributed by atoms with Gasteiger partial charge in [0.15, 0.2) is 0 Å². The first-order chi connectivity index (χ1) is 11.2. The molecule has 2 aliphatic rings. The van der Waals surface area contributed by atoms with Gasteiger partial charge in [0.1, 0.15) is 5.82 Å². The number of aromatic nitrogens is 2. The topological polar surface area (TPSA) is 61.4 Å². The van der Waals surface area contributed by atoms with E-state index in [1.807, 2.05) is 6.92 Å². The fraction of sp³-hybridized carbons (Fsp3) is 0.812. The van der Waals surface area contributed by atoms with Gasteiger partial charge in [-0.1, -0.05) is 0 Å². The summed E-state index contributed by atoms with van der Waals surface area (Å²) in [5.41, 5.74) is 0. The van der Waals surface area contributed by atoms with Crippen molar-refractivity contribution in [2.24, 2.45) is 5.92 Å². The van der Waals surface area contributed by atoms with Crippen molar-refractivity contribution in [3.8, 4) is 0 Å². The molecule has 2 aliphatic heterocycles. The lowest BCUT2D eigenvalue weighted by Gasteiger charge is -2.30. The van der Waals surface area contributed by atoms with Crippen LogP contribution in [-0.4, -0.2) is 59.4 Å². The van der Waals surface area contributed by atoms with Gasteiger partial charge in [-0.05, 0) is 58.7 Å². The molecule has 2 fully saturated rings. The summed E-state index contributed by atoms with van der Waals surface area (Å²) in [6, 6.07) is 0. The minimum atomic E-state index is 0.159. The summed E-state index contributed by atoms with van der Waals surface area (Å²) < 4.78 is 4.23. The zero-order valence-electron chi connectivity index (χ0n) is 14.0. The third-order valence-corrected chi connectivity index (χ3v) is 5.67. The van der Waals surface area contributed by atoms with Crippen molar-refractivity contribution in [2.75, 3.05) is 44.2 Å². The van der Waals surface area contributed by atoms with E-state index >= 15 is 0 Å². The fourth-order valence-electron chi connectivity index (χ4n) is 3.41. The number of nitrogens with zero attached hydrogens (tertiary/aromatic N) is 4. The number of carbonyl (C=O) groups excluding carboxylic acids is 1. The Kier molecular flexibility index (Phi) is 5.83. The average molecular weight is 337 g/mol. The lowest BCUT2D eigenvalue weighted by molar-refractivity contribution is -0.125. The largest absolute Gasteiger partial charge is 0.356 e. The molecule has 3 heterocycles. The van der Waals surface area contributed by atoms with Crippen LogP contribution in [0.5, 0.6) is 0 Å². The van der Waals surface area contributed by atoms with Crippen LogP contribution in [0.1, 0.15) is 37.9 Å². The van der Waals surface area contributed by atoms with E-state index in [4.69, 9.17) is 0 Å². The maximum atomic E-state index is 12.3. The summed E-state index contributed by atoms with van der Waals surface area (Å²) >= 11 is 1.45. The monoisotopic (exact) mass is 337 g/mol. The van der Waals surface area contributed by atoms with E-state index in [1.54, 1.807) is 0 Å². The second-order valence-electron chi connectivity index (χ2n) is 6.58. The first-order valence-corrected chi connectivity index (χ1v) is 9.55. The molecule has 0 atom stereocenters. The predicted octanol–water partition coefficient (Wildman–Crippen LogP) is 1.67. The van der Waals surface area contributed by atoms with E-state index in [9.17, 15) is 4.79 Å². The van der Waals surface area contributed by atoms with Gasteiger partial charge < -0.3 is 15.1 Å². The van der Waals surface area contributed by atoms with Gasteiger partial charge in [-0.15, -0.1) is 0 Å². The molecule has 0 bridgehead atoms. The third-order valence-electron chi connectivity index (χ3n) is 4.80. The van der Waals surface area contributed by atoms with Crippen LogP contribution >= 0.6 is 11.5 Å². The van der Waals surface area contributed by atoms with Crippen LogP contribution in [-0.2, 0) is 4.79 Å². The van der Waals surface area contributed by atoms with Gasteiger partial charge in [0, 0.05) is 37.1 Å². The van der Waals surface area contributed by atoms with E-state index in [0.29, 0.717) is 0 Å². The molecular weight excluding hydrogens is 310 g/mol. The molecule has 6 nitrogen and oxygen atoms in total. The number of likely N-dealkylation sites (tertiary alicyclic amines) is 1. The fourth-order valence-corrected chi connectivity index (χ4v) is 4.14. The molecule has 2 saturated heterocycles. The molecule has 1 aromatic heterocycles. The van der Waals surface area contributed by atoms with Crippen LogP contribution in [0.3, 0.4) is 0 Å². The molecule has 7 heteroatoms. The van der Waals surface area contributed by atoms with Crippen molar-refractivity contribution in [1.29, 1.82) is 0 Å². The Balaban J connectivity index is 1.33. The maximum absolute atomic E-state index is 12.3. The van der Waals surface area contributed by atoms with E-state index in [0.717, 1.165) is 56.4 Å². The Bertz CT molecular complexity index is 506. The van der Waals surface area contributed by atoms with Gasteiger partial charge in [-0.25, -0.2) is 4.98 Å². The summed E-state index contributed by atoms with van der Waals surface area (Å²) in [6.45, 7) is 8.12. The van der Waals surface area contributed by atoms with Crippen LogP contribution < -0.4 is 10.2 Å². The molecule has 0 saturated carbocycles. The highest BCUT2D eigenvalue weighted by Gasteiger charge is 2.26. The smallest absolute Gasteiger partial charge is 0.223 e. The minimum Gasteiger partial charge on any atom is -0.356 e. The minimum absolute atomic E-state index is 0.159. The number of nitrogens with one attached hydrogen (secondary N) is 1. The molecule has 3 rings (SSSR count). The highest BCUT2D eigenvalue weighted by Crippen LogP contribution is 2.24. The summed E-state index contributed by atoms with van der Waals surface area (Å²) in [5.74, 6) is 1.23. The summed E-state index contributed by atoms with van der Waals surface area (Å²) in [6.07, 6.45) is 5.56. The molecule has 1 amide bonds. The maximum Gasteiger partial charge on any atom is 0.223 e. The van der Waals surface area contributed by atoms with E-state index in [-0.39, 0.29) is 11.8 Å². The molecule has 0 unspecified atom stereocenters. The standard InChI is InChI=1S/C16H27N5OS/c1-13-18-16(23-19-13)21-11-5-14(6-12-21)15(22)17-7-4-10-20-8-2-3-9-20/h14H,2-12H2,1H3,(H,17,22). The van der Waals surface area contributed by atoms with Crippen molar-refractivity contribution in [1.82, 2.24) is 19.6 Å². The molecule has 23 heavy (non-hydrogen) atoms. The molecule has 0 radical (unpaired) electrons. The first kappa shape index (κ1) is 16.6. The van der Waals surface area contributed by atoms with Gasteiger partial charge in [0.25, 0.3) is 0 Å². The highest BCUT2D eigenvalue weighted by molar-refractivity contribution is 7.09. The quantitative estimate of drug-likeness (QED) is 0.800. The van der Waals surface area contributed by atoms with Crippen molar-refractivity contribution < 1.29 is 4.79 Å². The lowest BCUT2D eigenvalue weighted by atomic mass is 9.96. The molecule has 0 aliphatic carbocycles. The molecular formula is C16H27N5OS. The van der Waals surface area contributed by atoms with Gasteiger partial charge in [0.05, 0.1) is 0 Å². The van der Waals surface area contributed by atoms with Gasteiger partial charge >= 0.3 is 0 Å². The van der Waals surface area contributed by atoms with Crippen LogP contribution in [0, 0.1) is 12.8 Å². The number of anilines is 1. The van der Waals surface area contributed by atoms with Crippen molar-refractivity contribution in [3.63, 3.8) is 0 Å². The molecule has 128 valence electrons. The molecule has 1 N–H and O–H groups in total. The Morgan fingerprint density at radius 1 is 1.26 bits per heavy atom. The zero-order valence-corrected chi connectivity index (χ0v) is 14.8. The average Bonchev–Trinajstić information content (AvgIpc) is 3.23. The van der Waals surface area contributed by atoms with Crippen molar-refractivity contribution in [2.45, 2.75) is 39.0 Å². The molecule has 0 spiro atoms. The first-order valence-electron chi connectivity index (χ1n) is 8.78. The van der Waals surface area contributed by atoms with Crippen LogP contribution in [0.15, 0.2) is 0 Å². The van der Waals surface area contributed by atoms with Crippen molar-refractivity contribution in [3.05, 3.63) is 5.82 Å². The Hall–Kier alpha value is -1.21. The lowest BCUT2D eigenvalue weighted by Crippen LogP contribution is -2.41. The SMILES string of the molecule is Cc1nsc(N2CCC(C(=O)NCCCN3CCCC3)CC2)n1. The highest BCUT2D eigenvalue weighted by atomic mass is 32.1. The van der Waals surface area contributed by atoms with Crippen LogP contribution in [0.2, 0.25) is 0 Å². The Morgan fingerprint density at radius 2 is 2.00 bits per heavy atom.